The maximum atomic E-state index is 10.6. The van der Waals surface area contributed by atoms with E-state index in [0.717, 1.165) is 6.42 Å². The number of hydrogen-bond donors (Lipinski definition) is 0. The van der Waals surface area contributed by atoms with Crippen LogP contribution in [0, 0.1) is 0 Å². The molecule has 0 unspecified atom stereocenters. The van der Waals surface area contributed by atoms with Gasteiger partial charge in [0.1, 0.15) is 0 Å². The summed E-state index contributed by atoms with van der Waals surface area (Å²) < 4.78 is 4.42. The molecule has 2 nitrogen and oxygen atoms in total. The number of esters is 1. The summed E-state index contributed by atoms with van der Waals surface area (Å²) in [7, 11) is 1.37. The summed E-state index contributed by atoms with van der Waals surface area (Å²) in [5.41, 5.74) is 0. The predicted octanol–water partition coefficient (Wildman–Crippen LogP) is 2.46. The number of unbranched alkanes of at least 4 members (excludes halogenated alkanes) is 2. The molecule has 0 heterocycles. The minimum Gasteiger partial charge on any atom is -0.466 e. The van der Waals surface area contributed by atoms with Crippen molar-refractivity contribution in [2.24, 2.45) is 0 Å². The van der Waals surface area contributed by atoms with Crippen LogP contribution in [0.4, 0.5) is 0 Å². The molecule has 0 aliphatic heterocycles. The largest absolute Gasteiger partial charge is 0.466 e. The molecule has 12 heavy (non-hydrogen) atoms. The molecule has 0 aliphatic carbocycles. The van der Waals surface area contributed by atoms with Crippen molar-refractivity contribution in [2.45, 2.75) is 26.2 Å². The molecule has 0 N–H and O–H groups in total. The number of carbonyl (C=O) groups is 1. The summed E-state index contributed by atoms with van der Waals surface area (Å²) in [5.74, 6) is -0.310. The first-order valence-corrected chi connectivity index (χ1v) is 4.22. The summed E-state index contributed by atoms with van der Waals surface area (Å²) in [6.45, 7) is 2.15. The topological polar surface area (TPSA) is 26.3 Å². The fourth-order valence-electron chi connectivity index (χ4n) is 0.699. The first-order valence-electron chi connectivity index (χ1n) is 4.22. The van der Waals surface area contributed by atoms with Crippen LogP contribution in [0.3, 0.4) is 0 Å². The maximum absolute atomic E-state index is 10.6. The fraction of sp³-hybridized carbons (Fsp3) is 0.500. The van der Waals surface area contributed by atoms with Crippen molar-refractivity contribution >= 4 is 5.97 Å². The summed E-state index contributed by atoms with van der Waals surface area (Å²) in [6.07, 6.45) is 10.5. The molecule has 68 valence electrons. The molecule has 0 atom stereocenters. The van der Waals surface area contributed by atoms with Gasteiger partial charge in [0.05, 0.1) is 7.11 Å². The van der Waals surface area contributed by atoms with E-state index in [1.54, 1.807) is 6.08 Å². The van der Waals surface area contributed by atoms with Gasteiger partial charge < -0.3 is 4.74 Å². The van der Waals surface area contributed by atoms with E-state index in [-0.39, 0.29) is 5.97 Å². The highest BCUT2D eigenvalue weighted by molar-refractivity contribution is 5.82. The van der Waals surface area contributed by atoms with Gasteiger partial charge in [0.2, 0.25) is 0 Å². The van der Waals surface area contributed by atoms with Crippen LogP contribution in [0.1, 0.15) is 26.2 Å². The average Bonchev–Trinajstić information content (AvgIpc) is 2.10. The van der Waals surface area contributed by atoms with Crippen LogP contribution in [0.15, 0.2) is 24.3 Å². The van der Waals surface area contributed by atoms with Crippen LogP contribution in [0.25, 0.3) is 0 Å². The number of methoxy groups -OCH3 is 1. The molecule has 0 rings (SSSR count). The Kier molecular flexibility index (Phi) is 7.35. The van der Waals surface area contributed by atoms with Crippen molar-refractivity contribution in [3.63, 3.8) is 0 Å². The summed E-state index contributed by atoms with van der Waals surface area (Å²) >= 11 is 0. The molecule has 0 amide bonds. The third-order valence-electron chi connectivity index (χ3n) is 1.41. The van der Waals surface area contributed by atoms with Crippen molar-refractivity contribution < 1.29 is 9.53 Å². The normalized spacial score (nSPS) is 11.2. The van der Waals surface area contributed by atoms with Gasteiger partial charge in [-0.15, -0.1) is 0 Å². The van der Waals surface area contributed by atoms with Crippen LogP contribution in [-0.2, 0) is 9.53 Å². The molecular weight excluding hydrogens is 152 g/mol. The maximum Gasteiger partial charge on any atom is 0.330 e. The van der Waals surface area contributed by atoms with Gasteiger partial charge in [-0.05, 0) is 6.42 Å². The Morgan fingerprint density at radius 3 is 2.75 bits per heavy atom. The Morgan fingerprint density at radius 1 is 1.42 bits per heavy atom. The van der Waals surface area contributed by atoms with Gasteiger partial charge in [0, 0.05) is 6.08 Å². The Morgan fingerprint density at radius 2 is 2.17 bits per heavy atom. The quantitative estimate of drug-likeness (QED) is 0.273. The van der Waals surface area contributed by atoms with Gasteiger partial charge in [-0.25, -0.2) is 4.79 Å². The monoisotopic (exact) mass is 168 g/mol. The second-order valence-electron chi connectivity index (χ2n) is 2.45. The zero-order chi connectivity index (χ0) is 9.23. The van der Waals surface area contributed by atoms with Crippen molar-refractivity contribution in [2.75, 3.05) is 7.11 Å². The van der Waals surface area contributed by atoms with Gasteiger partial charge in [-0.3, -0.25) is 0 Å². The van der Waals surface area contributed by atoms with Crippen molar-refractivity contribution in [3.8, 4) is 0 Å². The molecule has 0 aromatic rings. The second kappa shape index (κ2) is 8.05. The number of allylic oxidation sites excluding steroid dienone is 3. The summed E-state index contributed by atoms with van der Waals surface area (Å²) in [4.78, 5) is 10.6. The molecule has 0 saturated heterocycles. The number of ether oxygens (including phenoxy) is 1. The van der Waals surface area contributed by atoms with Gasteiger partial charge >= 0.3 is 5.97 Å². The van der Waals surface area contributed by atoms with Crippen molar-refractivity contribution in [1.29, 1.82) is 0 Å². The van der Waals surface area contributed by atoms with Crippen molar-refractivity contribution in [1.82, 2.24) is 0 Å². The molecule has 0 aromatic heterocycles. The van der Waals surface area contributed by atoms with E-state index in [9.17, 15) is 4.79 Å². The van der Waals surface area contributed by atoms with Gasteiger partial charge in [-0.1, -0.05) is 38.0 Å². The third kappa shape index (κ3) is 7.06. The van der Waals surface area contributed by atoms with E-state index in [4.69, 9.17) is 0 Å². The molecular formula is C10H16O2. The lowest BCUT2D eigenvalue weighted by Gasteiger charge is -1.87. The molecule has 0 fully saturated rings. The predicted molar refractivity (Wildman–Crippen MR) is 49.8 cm³/mol. The van der Waals surface area contributed by atoms with E-state index >= 15 is 0 Å². The fourth-order valence-corrected chi connectivity index (χ4v) is 0.699. The Hall–Kier alpha value is -1.05. The zero-order valence-corrected chi connectivity index (χ0v) is 7.75. The molecule has 0 aliphatic rings. The molecule has 0 aromatic carbocycles. The van der Waals surface area contributed by atoms with E-state index < -0.39 is 0 Å². The highest BCUT2D eigenvalue weighted by atomic mass is 16.5. The lowest BCUT2D eigenvalue weighted by atomic mass is 10.2. The molecule has 2 heteroatoms. The Balaban J connectivity index is 3.45. The molecule has 0 bridgehead atoms. The van der Waals surface area contributed by atoms with Crippen LogP contribution >= 0.6 is 0 Å². The van der Waals surface area contributed by atoms with Crippen LogP contribution in [0.5, 0.6) is 0 Å². The summed E-state index contributed by atoms with van der Waals surface area (Å²) in [6, 6.07) is 0. The van der Waals surface area contributed by atoms with Crippen LogP contribution < -0.4 is 0 Å². The van der Waals surface area contributed by atoms with E-state index in [0.29, 0.717) is 0 Å². The SMILES string of the molecule is CCCC/C=C\C=C\C(=O)OC. The Labute approximate surface area is 73.9 Å². The highest BCUT2D eigenvalue weighted by Gasteiger charge is 1.86. The smallest absolute Gasteiger partial charge is 0.330 e. The van der Waals surface area contributed by atoms with E-state index in [2.05, 4.69) is 11.7 Å². The van der Waals surface area contributed by atoms with Crippen LogP contribution in [0.2, 0.25) is 0 Å². The van der Waals surface area contributed by atoms with E-state index in [1.807, 2.05) is 12.2 Å². The minimum absolute atomic E-state index is 0.310. The number of hydrogen-bond acceptors (Lipinski definition) is 2. The highest BCUT2D eigenvalue weighted by Crippen LogP contribution is 1.94. The molecule has 0 radical (unpaired) electrons. The van der Waals surface area contributed by atoms with E-state index in [1.165, 1.54) is 26.0 Å². The first kappa shape index (κ1) is 11.0. The lowest BCUT2D eigenvalue weighted by Crippen LogP contribution is -1.92. The third-order valence-corrected chi connectivity index (χ3v) is 1.41. The Bertz CT molecular complexity index is 169. The molecule has 0 saturated carbocycles. The first-order chi connectivity index (χ1) is 5.81. The zero-order valence-electron chi connectivity index (χ0n) is 7.75. The van der Waals surface area contributed by atoms with Gasteiger partial charge in [0.15, 0.2) is 0 Å². The van der Waals surface area contributed by atoms with Crippen molar-refractivity contribution in [3.05, 3.63) is 24.3 Å². The molecule has 0 spiro atoms. The van der Waals surface area contributed by atoms with Gasteiger partial charge in [0.25, 0.3) is 0 Å². The van der Waals surface area contributed by atoms with Gasteiger partial charge in [-0.2, -0.15) is 0 Å². The average molecular weight is 168 g/mol. The lowest BCUT2D eigenvalue weighted by molar-refractivity contribution is -0.134. The number of carbonyl (C=O) groups excluding carboxylic acids is 1. The minimum atomic E-state index is -0.310. The summed E-state index contributed by atoms with van der Waals surface area (Å²) in [5, 5.41) is 0. The second-order valence-corrected chi connectivity index (χ2v) is 2.45. The van der Waals surface area contributed by atoms with Crippen LogP contribution in [-0.4, -0.2) is 13.1 Å². The number of rotatable bonds is 5. The standard InChI is InChI=1S/C10H16O2/c1-3-4-5-6-7-8-9-10(11)12-2/h6-9H,3-5H2,1-2H3/b7-6-,9-8+.